The number of hydrogen-bond donors (Lipinski definition) is 2. The van der Waals surface area contributed by atoms with E-state index in [0.717, 1.165) is 37.1 Å². The van der Waals surface area contributed by atoms with Crippen molar-refractivity contribution in [2.75, 3.05) is 19.6 Å². The van der Waals surface area contributed by atoms with Crippen molar-refractivity contribution in [2.45, 2.75) is 45.6 Å². The minimum atomic E-state index is -0.381. The molecule has 6 nitrogen and oxygen atoms in total. The van der Waals surface area contributed by atoms with Crippen molar-refractivity contribution in [3.63, 3.8) is 0 Å². The number of nitriles is 1. The number of carbonyl (C=O) groups excluding carboxylic acids is 1. The summed E-state index contributed by atoms with van der Waals surface area (Å²) in [6.07, 6.45) is 3.06. The Kier molecular flexibility index (Phi) is 7.30. The number of benzene rings is 1. The number of nitrogens with zero attached hydrogens (tertiary/aromatic N) is 2. The number of carbonyl (C=O) groups is 1. The second kappa shape index (κ2) is 9.92. The predicted octanol–water partition coefficient (Wildman–Crippen LogP) is 3.40. The molecule has 1 saturated heterocycles. The summed E-state index contributed by atoms with van der Waals surface area (Å²) in [4.78, 5) is 29.6. The Morgan fingerprint density at radius 2 is 2.00 bits per heavy atom. The van der Waals surface area contributed by atoms with Gasteiger partial charge in [0.2, 0.25) is 5.91 Å². The second-order valence-electron chi connectivity index (χ2n) is 7.75. The van der Waals surface area contributed by atoms with E-state index < -0.39 is 0 Å². The summed E-state index contributed by atoms with van der Waals surface area (Å²) in [6, 6.07) is 9.79. The van der Waals surface area contributed by atoms with Gasteiger partial charge in [0.1, 0.15) is 11.6 Å². The monoisotopic (exact) mass is 426 g/mol. The van der Waals surface area contributed by atoms with Gasteiger partial charge >= 0.3 is 0 Å². The Labute approximate surface area is 181 Å². The Bertz CT molecular complexity index is 1020. The summed E-state index contributed by atoms with van der Waals surface area (Å²) in [7, 11) is 0. The number of rotatable bonds is 7. The lowest BCUT2D eigenvalue weighted by molar-refractivity contribution is -0.121. The molecule has 0 bridgehead atoms. The third-order valence-corrected chi connectivity index (χ3v) is 6.20. The molecular formula is C23H27ClN4O2. The van der Waals surface area contributed by atoms with E-state index in [9.17, 15) is 14.9 Å². The van der Waals surface area contributed by atoms with Gasteiger partial charge in [0, 0.05) is 23.7 Å². The first-order valence-corrected chi connectivity index (χ1v) is 10.7. The highest BCUT2D eigenvalue weighted by molar-refractivity contribution is 6.31. The van der Waals surface area contributed by atoms with E-state index in [1.165, 1.54) is 0 Å². The molecule has 7 heteroatoms. The molecule has 1 atom stereocenters. The molecule has 1 aromatic heterocycles. The molecule has 30 heavy (non-hydrogen) atoms. The maximum absolute atomic E-state index is 12.6. The van der Waals surface area contributed by atoms with Gasteiger partial charge in [-0.15, -0.1) is 0 Å². The average Bonchev–Trinajstić information content (AvgIpc) is 3.24. The van der Waals surface area contributed by atoms with Crippen molar-refractivity contribution in [3.8, 4) is 6.07 Å². The molecule has 0 spiro atoms. The van der Waals surface area contributed by atoms with Gasteiger partial charge in [0.05, 0.1) is 6.04 Å². The number of H-pyrrole nitrogens is 1. The zero-order valence-corrected chi connectivity index (χ0v) is 18.2. The molecule has 1 aliphatic rings. The fraction of sp³-hybridized carbons (Fsp3) is 0.435. The van der Waals surface area contributed by atoms with Crippen LogP contribution in [0.2, 0.25) is 5.02 Å². The molecular weight excluding hydrogens is 400 g/mol. The molecule has 1 unspecified atom stereocenters. The van der Waals surface area contributed by atoms with Gasteiger partial charge in [0.25, 0.3) is 5.56 Å². The van der Waals surface area contributed by atoms with Crippen LogP contribution >= 0.6 is 11.6 Å². The zero-order chi connectivity index (χ0) is 21.7. The summed E-state index contributed by atoms with van der Waals surface area (Å²) < 4.78 is 0. The minimum absolute atomic E-state index is 0.0480. The van der Waals surface area contributed by atoms with Crippen LogP contribution in [-0.4, -0.2) is 35.4 Å². The fourth-order valence-electron chi connectivity index (χ4n) is 4.19. The Morgan fingerprint density at radius 1 is 1.30 bits per heavy atom. The van der Waals surface area contributed by atoms with Crippen LogP contribution in [0, 0.1) is 25.2 Å². The van der Waals surface area contributed by atoms with E-state index in [0.29, 0.717) is 29.2 Å². The zero-order valence-electron chi connectivity index (χ0n) is 17.4. The van der Waals surface area contributed by atoms with Gasteiger partial charge in [-0.2, -0.15) is 5.26 Å². The normalized spacial score (nSPS) is 15.0. The summed E-state index contributed by atoms with van der Waals surface area (Å²) in [5, 5.41) is 13.0. The van der Waals surface area contributed by atoms with Gasteiger partial charge in [0.15, 0.2) is 0 Å². The third kappa shape index (κ3) is 4.92. The summed E-state index contributed by atoms with van der Waals surface area (Å²) in [6.45, 7) is 6.05. The number of aromatic amines is 1. The summed E-state index contributed by atoms with van der Waals surface area (Å²) in [5.41, 5.74) is 2.97. The number of aryl methyl sites for hydroxylation is 1. The number of likely N-dealkylation sites (tertiary alicyclic amines) is 1. The molecule has 158 valence electrons. The molecule has 1 fully saturated rings. The van der Waals surface area contributed by atoms with E-state index in [1.54, 1.807) is 13.8 Å². The predicted molar refractivity (Wildman–Crippen MR) is 118 cm³/mol. The molecule has 2 heterocycles. The SMILES string of the molecule is Cc1[nH]c(=O)c(C#N)c(C)c1CCC(=O)NCC(c1ccccc1Cl)N1CCCC1. The largest absolute Gasteiger partial charge is 0.354 e. The van der Waals surface area contributed by atoms with Gasteiger partial charge in [-0.05, 0) is 69.0 Å². The first kappa shape index (κ1) is 22.1. The standard InChI is InChI=1S/C23H27ClN4O2/c1-15-17(16(2)27-23(30)19(15)13-25)9-10-22(29)26-14-21(28-11-5-6-12-28)18-7-3-4-8-20(18)24/h3-4,7-8,21H,5-6,9-12,14H2,1-2H3,(H,26,29)(H,27,30). The van der Waals surface area contributed by atoms with Crippen LogP contribution in [0.5, 0.6) is 0 Å². The molecule has 2 aromatic rings. The van der Waals surface area contributed by atoms with Crippen LogP contribution in [0.1, 0.15) is 53.3 Å². The number of nitrogens with one attached hydrogen (secondary N) is 2. The molecule has 3 rings (SSSR count). The van der Waals surface area contributed by atoms with Crippen molar-refractivity contribution < 1.29 is 4.79 Å². The Hall–Kier alpha value is -2.62. The van der Waals surface area contributed by atoms with Gasteiger partial charge in [-0.1, -0.05) is 29.8 Å². The molecule has 1 aromatic carbocycles. The molecule has 0 aliphatic carbocycles. The number of halogens is 1. The first-order chi connectivity index (χ1) is 14.4. The van der Waals surface area contributed by atoms with E-state index in [4.69, 9.17) is 11.6 Å². The molecule has 1 aliphatic heterocycles. The Morgan fingerprint density at radius 3 is 2.67 bits per heavy atom. The van der Waals surface area contributed by atoms with Crippen LogP contribution in [-0.2, 0) is 11.2 Å². The lowest BCUT2D eigenvalue weighted by Crippen LogP contribution is -2.37. The number of aromatic nitrogens is 1. The van der Waals surface area contributed by atoms with Crippen molar-refractivity contribution in [1.29, 1.82) is 5.26 Å². The quantitative estimate of drug-likeness (QED) is 0.710. The van der Waals surface area contributed by atoms with Gasteiger partial charge in [-0.3, -0.25) is 14.5 Å². The number of pyridine rings is 1. The highest BCUT2D eigenvalue weighted by Gasteiger charge is 2.25. The first-order valence-electron chi connectivity index (χ1n) is 10.3. The van der Waals surface area contributed by atoms with Gasteiger partial charge in [-0.25, -0.2) is 0 Å². The van der Waals surface area contributed by atoms with Crippen LogP contribution in [0.3, 0.4) is 0 Å². The van der Waals surface area contributed by atoms with Gasteiger partial charge < -0.3 is 10.3 Å². The average molecular weight is 427 g/mol. The molecule has 1 amide bonds. The fourth-order valence-corrected chi connectivity index (χ4v) is 4.45. The van der Waals surface area contributed by atoms with Crippen LogP contribution in [0.25, 0.3) is 0 Å². The van der Waals surface area contributed by atoms with Crippen LogP contribution in [0.4, 0.5) is 0 Å². The lowest BCUT2D eigenvalue weighted by Gasteiger charge is -2.29. The maximum atomic E-state index is 12.6. The molecule has 2 N–H and O–H groups in total. The van der Waals surface area contributed by atoms with Crippen molar-refractivity contribution in [2.24, 2.45) is 0 Å². The lowest BCUT2D eigenvalue weighted by atomic mass is 9.99. The number of hydrogen-bond acceptors (Lipinski definition) is 4. The smallest absolute Gasteiger partial charge is 0.266 e. The van der Waals surface area contributed by atoms with E-state index >= 15 is 0 Å². The van der Waals surface area contributed by atoms with E-state index in [-0.39, 0.29) is 29.5 Å². The summed E-state index contributed by atoms with van der Waals surface area (Å²) in [5.74, 6) is -0.0604. The van der Waals surface area contributed by atoms with E-state index in [1.807, 2.05) is 30.3 Å². The second-order valence-corrected chi connectivity index (χ2v) is 8.16. The maximum Gasteiger partial charge on any atom is 0.266 e. The highest BCUT2D eigenvalue weighted by atomic mass is 35.5. The van der Waals surface area contributed by atoms with Crippen molar-refractivity contribution in [1.82, 2.24) is 15.2 Å². The number of amides is 1. The molecule has 0 saturated carbocycles. The summed E-state index contributed by atoms with van der Waals surface area (Å²) >= 11 is 6.44. The minimum Gasteiger partial charge on any atom is -0.354 e. The van der Waals surface area contributed by atoms with Crippen molar-refractivity contribution in [3.05, 3.63) is 67.6 Å². The van der Waals surface area contributed by atoms with Crippen LogP contribution in [0.15, 0.2) is 29.1 Å². The van der Waals surface area contributed by atoms with Crippen molar-refractivity contribution >= 4 is 17.5 Å². The van der Waals surface area contributed by atoms with E-state index in [2.05, 4.69) is 15.2 Å². The van der Waals surface area contributed by atoms with Crippen LogP contribution < -0.4 is 10.9 Å². The molecule has 0 radical (unpaired) electrons. The third-order valence-electron chi connectivity index (χ3n) is 5.86. The Balaban J connectivity index is 1.66. The highest BCUT2D eigenvalue weighted by Crippen LogP contribution is 2.29. The topological polar surface area (TPSA) is 89.0 Å².